The minimum atomic E-state index is -0.264. The smallest absolute Gasteiger partial charge is 0.341 e. The Kier molecular flexibility index (Phi) is 5.69. The molecule has 2 heterocycles. The Bertz CT molecular complexity index is 920. The zero-order valence-electron chi connectivity index (χ0n) is 16.5. The van der Waals surface area contributed by atoms with Gasteiger partial charge in [0.2, 0.25) is 0 Å². The summed E-state index contributed by atoms with van der Waals surface area (Å²) in [6, 6.07) is 6.53. The van der Waals surface area contributed by atoms with Crippen LogP contribution < -0.4 is 10.2 Å². The maximum Gasteiger partial charge on any atom is 0.341 e. The Labute approximate surface area is 175 Å². The van der Waals surface area contributed by atoms with Crippen LogP contribution in [0.15, 0.2) is 18.2 Å². The number of nitrogens with zero attached hydrogens (tertiary/aromatic N) is 1. The summed E-state index contributed by atoms with van der Waals surface area (Å²) in [5.41, 5.74) is 5.63. The standard InChI is InChI=1S/C22H26N2O2S2/c1-14-10-11-17-15(13-14)7-6-12-24(17)22(27)23-20-19(21(25)26-2)16-8-4-3-5-9-18(16)28-20/h10-11,13H,3-9,12H2,1-2H3,(H,23,27). The number of thiocarbonyl (C=S) groups is 1. The first-order valence-corrected chi connectivity index (χ1v) is 11.2. The van der Waals surface area contributed by atoms with Crippen molar-refractivity contribution in [2.24, 2.45) is 0 Å². The van der Waals surface area contributed by atoms with Crippen LogP contribution in [0.3, 0.4) is 0 Å². The number of benzene rings is 1. The molecule has 6 heteroatoms. The van der Waals surface area contributed by atoms with Crippen LogP contribution >= 0.6 is 23.6 Å². The predicted octanol–water partition coefficient (Wildman–Crippen LogP) is 5.26. The first kappa shape index (κ1) is 19.4. The van der Waals surface area contributed by atoms with E-state index in [1.807, 2.05) is 0 Å². The van der Waals surface area contributed by atoms with E-state index >= 15 is 0 Å². The molecule has 0 spiro atoms. The van der Waals surface area contributed by atoms with Crippen LogP contribution in [0, 0.1) is 6.92 Å². The Morgan fingerprint density at radius 1 is 1.18 bits per heavy atom. The molecular formula is C22H26N2O2S2. The van der Waals surface area contributed by atoms with E-state index < -0.39 is 0 Å². The van der Waals surface area contributed by atoms with Gasteiger partial charge >= 0.3 is 5.97 Å². The highest BCUT2D eigenvalue weighted by Gasteiger charge is 2.27. The molecule has 0 radical (unpaired) electrons. The lowest BCUT2D eigenvalue weighted by atomic mass is 10.00. The number of hydrogen-bond acceptors (Lipinski definition) is 4. The molecule has 2 aliphatic rings. The monoisotopic (exact) mass is 414 g/mol. The summed E-state index contributed by atoms with van der Waals surface area (Å²) in [4.78, 5) is 16.0. The SMILES string of the molecule is COC(=O)c1c(NC(=S)N2CCCc3cc(C)ccc32)sc2c1CCCCC2. The van der Waals surface area contributed by atoms with Gasteiger partial charge in [0.1, 0.15) is 5.00 Å². The van der Waals surface area contributed by atoms with Gasteiger partial charge in [0.15, 0.2) is 5.11 Å². The summed E-state index contributed by atoms with van der Waals surface area (Å²) in [6.07, 6.45) is 7.64. The molecular weight excluding hydrogens is 388 g/mol. The molecule has 0 unspecified atom stereocenters. The van der Waals surface area contributed by atoms with E-state index in [0.29, 0.717) is 10.7 Å². The Hall–Kier alpha value is -1.92. The number of fused-ring (bicyclic) bond motifs is 2. The molecule has 0 fully saturated rings. The summed E-state index contributed by atoms with van der Waals surface area (Å²) in [6.45, 7) is 3.01. The van der Waals surface area contributed by atoms with Gasteiger partial charge in [-0.2, -0.15) is 0 Å². The third kappa shape index (κ3) is 3.67. The van der Waals surface area contributed by atoms with E-state index in [0.717, 1.165) is 49.2 Å². The number of aryl methyl sites for hydroxylation is 3. The average Bonchev–Trinajstić information content (AvgIpc) is 2.87. The summed E-state index contributed by atoms with van der Waals surface area (Å²) in [5, 5.41) is 4.90. The second-order valence-corrected chi connectivity index (χ2v) is 9.07. The predicted molar refractivity (Wildman–Crippen MR) is 120 cm³/mol. The number of ether oxygens (including phenoxy) is 1. The van der Waals surface area contributed by atoms with Gasteiger partial charge in [0, 0.05) is 17.1 Å². The van der Waals surface area contributed by atoms with E-state index in [-0.39, 0.29) is 5.97 Å². The summed E-state index contributed by atoms with van der Waals surface area (Å²) in [7, 11) is 1.45. The number of methoxy groups -OCH3 is 1. The maximum absolute atomic E-state index is 12.6. The third-order valence-corrected chi connectivity index (χ3v) is 7.16. The molecule has 0 atom stereocenters. The van der Waals surface area contributed by atoms with Crippen LogP contribution in [-0.4, -0.2) is 24.7 Å². The second-order valence-electron chi connectivity index (χ2n) is 7.58. The molecule has 1 aromatic heterocycles. The Morgan fingerprint density at radius 2 is 2.00 bits per heavy atom. The lowest BCUT2D eigenvalue weighted by molar-refractivity contribution is 0.0601. The molecule has 1 N–H and O–H groups in total. The van der Waals surface area contributed by atoms with E-state index in [2.05, 4.69) is 35.3 Å². The highest BCUT2D eigenvalue weighted by atomic mass is 32.1. The quantitative estimate of drug-likeness (QED) is 0.412. The third-order valence-electron chi connectivity index (χ3n) is 5.63. The van der Waals surface area contributed by atoms with Gasteiger partial charge in [-0.15, -0.1) is 11.3 Å². The fourth-order valence-corrected chi connectivity index (χ4v) is 5.88. The molecule has 2 aromatic rings. The fourth-order valence-electron chi connectivity index (χ4n) is 4.25. The summed E-state index contributed by atoms with van der Waals surface area (Å²) < 4.78 is 5.11. The molecule has 4 nitrogen and oxygen atoms in total. The van der Waals surface area contributed by atoms with Gasteiger partial charge in [-0.1, -0.05) is 24.1 Å². The fraction of sp³-hybridized carbons (Fsp3) is 0.455. The van der Waals surface area contributed by atoms with E-state index in [9.17, 15) is 4.79 Å². The first-order valence-electron chi connectivity index (χ1n) is 9.99. The number of anilines is 2. The van der Waals surface area contributed by atoms with Crippen molar-refractivity contribution in [1.82, 2.24) is 0 Å². The Balaban J connectivity index is 1.65. The van der Waals surface area contributed by atoms with Crippen molar-refractivity contribution in [2.45, 2.75) is 51.9 Å². The summed E-state index contributed by atoms with van der Waals surface area (Å²) in [5.74, 6) is -0.264. The van der Waals surface area contributed by atoms with Crippen molar-refractivity contribution in [3.8, 4) is 0 Å². The van der Waals surface area contributed by atoms with Crippen molar-refractivity contribution < 1.29 is 9.53 Å². The molecule has 148 valence electrons. The van der Waals surface area contributed by atoms with Crippen LogP contribution in [0.4, 0.5) is 10.7 Å². The van der Waals surface area contributed by atoms with Gasteiger partial charge in [-0.25, -0.2) is 4.79 Å². The van der Waals surface area contributed by atoms with Gasteiger partial charge in [-0.3, -0.25) is 0 Å². The van der Waals surface area contributed by atoms with Crippen LogP contribution in [0.5, 0.6) is 0 Å². The molecule has 0 saturated heterocycles. The van der Waals surface area contributed by atoms with Crippen LogP contribution in [-0.2, 0) is 24.0 Å². The van der Waals surface area contributed by atoms with Gasteiger partial charge in [0.25, 0.3) is 0 Å². The number of carbonyl (C=O) groups is 1. The Morgan fingerprint density at radius 3 is 2.82 bits per heavy atom. The molecule has 1 aliphatic carbocycles. The van der Waals surface area contributed by atoms with Crippen molar-refractivity contribution in [3.63, 3.8) is 0 Å². The molecule has 28 heavy (non-hydrogen) atoms. The topological polar surface area (TPSA) is 41.6 Å². The number of carbonyl (C=O) groups excluding carboxylic acids is 1. The molecule has 1 aromatic carbocycles. The van der Waals surface area contributed by atoms with Crippen molar-refractivity contribution in [2.75, 3.05) is 23.9 Å². The molecule has 0 saturated carbocycles. The van der Waals surface area contributed by atoms with E-state index in [1.165, 1.54) is 41.6 Å². The molecule has 0 amide bonds. The van der Waals surface area contributed by atoms with Crippen LogP contribution in [0.25, 0.3) is 0 Å². The van der Waals surface area contributed by atoms with Crippen LogP contribution in [0.1, 0.15) is 57.6 Å². The summed E-state index contributed by atoms with van der Waals surface area (Å²) >= 11 is 7.45. The van der Waals surface area contributed by atoms with Gasteiger partial charge < -0.3 is 15.0 Å². The highest BCUT2D eigenvalue weighted by Crippen LogP contribution is 2.38. The van der Waals surface area contributed by atoms with Crippen molar-refractivity contribution in [3.05, 3.63) is 45.3 Å². The number of rotatable bonds is 2. The average molecular weight is 415 g/mol. The second kappa shape index (κ2) is 8.21. The lowest BCUT2D eigenvalue weighted by Crippen LogP contribution is -2.38. The number of esters is 1. The van der Waals surface area contributed by atoms with E-state index in [4.69, 9.17) is 17.0 Å². The zero-order valence-corrected chi connectivity index (χ0v) is 18.1. The minimum Gasteiger partial charge on any atom is -0.465 e. The van der Waals surface area contributed by atoms with E-state index in [1.54, 1.807) is 11.3 Å². The first-order chi connectivity index (χ1) is 13.6. The molecule has 4 rings (SSSR count). The van der Waals surface area contributed by atoms with Crippen LogP contribution in [0.2, 0.25) is 0 Å². The number of nitrogens with one attached hydrogen (secondary N) is 1. The van der Waals surface area contributed by atoms with Gasteiger partial charge in [-0.05, 0) is 74.9 Å². The highest BCUT2D eigenvalue weighted by molar-refractivity contribution is 7.80. The zero-order chi connectivity index (χ0) is 19.7. The lowest BCUT2D eigenvalue weighted by Gasteiger charge is -2.32. The number of hydrogen-bond donors (Lipinski definition) is 1. The number of thiophene rings is 1. The van der Waals surface area contributed by atoms with Crippen molar-refractivity contribution in [1.29, 1.82) is 0 Å². The normalized spacial score (nSPS) is 16.0. The largest absolute Gasteiger partial charge is 0.465 e. The minimum absolute atomic E-state index is 0.264. The molecule has 0 bridgehead atoms. The van der Waals surface area contributed by atoms with Gasteiger partial charge in [0.05, 0.1) is 12.7 Å². The molecule has 1 aliphatic heterocycles. The van der Waals surface area contributed by atoms with Crippen molar-refractivity contribution >= 4 is 45.3 Å². The maximum atomic E-state index is 12.6.